The highest BCUT2D eigenvalue weighted by atomic mass is 19.4. The Balaban J connectivity index is 1.33. The van der Waals surface area contributed by atoms with Gasteiger partial charge in [0, 0.05) is 17.7 Å². The van der Waals surface area contributed by atoms with Gasteiger partial charge in [0.15, 0.2) is 0 Å². The maximum atomic E-state index is 12.2. The van der Waals surface area contributed by atoms with E-state index in [1.807, 2.05) is 12.1 Å². The minimum atomic E-state index is -4.68. The lowest BCUT2D eigenvalue weighted by Gasteiger charge is -2.42. The van der Waals surface area contributed by atoms with Crippen LogP contribution in [0.5, 0.6) is 5.75 Å². The summed E-state index contributed by atoms with van der Waals surface area (Å²) in [6.07, 6.45) is 3.26. The van der Waals surface area contributed by atoms with Crippen molar-refractivity contribution >= 4 is 0 Å². The molecule has 0 heterocycles. The van der Waals surface area contributed by atoms with E-state index in [1.165, 1.54) is 68.4 Å². The van der Waals surface area contributed by atoms with Crippen LogP contribution in [0.4, 0.5) is 13.2 Å². The van der Waals surface area contributed by atoms with Gasteiger partial charge in [-0.2, -0.15) is 0 Å². The number of rotatable bonds is 4. The van der Waals surface area contributed by atoms with Crippen molar-refractivity contribution in [3.05, 3.63) is 65.2 Å². The topological polar surface area (TPSA) is 18.5 Å². The highest BCUT2D eigenvalue weighted by molar-refractivity contribution is 5.45. The average Bonchev–Trinajstić information content (AvgIpc) is 2.78. The highest BCUT2D eigenvalue weighted by Crippen LogP contribution is 2.46. The number of ether oxygens (including phenoxy) is 2. The quantitative estimate of drug-likeness (QED) is 0.471. The summed E-state index contributed by atoms with van der Waals surface area (Å²) in [5, 5.41) is 0. The van der Waals surface area contributed by atoms with E-state index in [0.717, 1.165) is 24.0 Å². The van der Waals surface area contributed by atoms with Gasteiger partial charge in [-0.15, -0.1) is 13.2 Å². The fourth-order valence-corrected chi connectivity index (χ4v) is 5.26. The highest BCUT2D eigenvalue weighted by Gasteiger charge is 2.36. The largest absolute Gasteiger partial charge is 0.573 e. The van der Waals surface area contributed by atoms with Crippen molar-refractivity contribution in [3.8, 4) is 17.6 Å². The van der Waals surface area contributed by atoms with Crippen LogP contribution in [0.3, 0.4) is 0 Å². The Morgan fingerprint density at radius 3 is 2.03 bits per heavy atom. The van der Waals surface area contributed by atoms with Crippen molar-refractivity contribution in [2.45, 2.75) is 63.8 Å². The second-order valence-electron chi connectivity index (χ2n) is 8.86. The molecule has 0 saturated heterocycles. The molecule has 2 saturated carbocycles. The van der Waals surface area contributed by atoms with Gasteiger partial charge in [-0.25, -0.2) is 0 Å². The molecule has 0 radical (unpaired) electrons. The lowest BCUT2D eigenvalue weighted by Crippen LogP contribution is -2.33. The Morgan fingerprint density at radius 1 is 0.812 bits per heavy atom. The van der Waals surface area contributed by atoms with Gasteiger partial charge in [-0.05, 0) is 105 Å². The monoisotopic (exact) mass is 442 g/mol. The molecule has 0 spiro atoms. The Bertz CT molecular complexity index is 938. The Labute approximate surface area is 188 Å². The van der Waals surface area contributed by atoms with Crippen LogP contribution >= 0.6 is 0 Å². The van der Waals surface area contributed by atoms with Crippen molar-refractivity contribution in [2.75, 3.05) is 6.61 Å². The second kappa shape index (κ2) is 10.0. The van der Waals surface area contributed by atoms with Gasteiger partial charge in [0.1, 0.15) is 5.75 Å². The van der Waals surface area contributed by atoms with Crippen LogP contribution in [0.2, 0.25) is 0 Å². The predicted octanol–water partition coefficient (Wildman–Crippen LogP) is 7.07. The van der Waals surface area contributed by atoms with E-state index in [1.54, 1.807) is 0 Å². The van der Waals surface area contributed by atoms with Crippen LogP contribution in [0.1, 0.15) is 68.1 Å². The van der Waals surface area contributed by atoms with E-state index >= 15 is 0 Å². The summed E-state index contributed by atoms with van der Waals surface area (Å²) in [5.41, 5.74) is 2.93. The minimum absolute atomic E-state index is 0.242. The Kier molecular flexibility index (Phi) is 7.10. The number of hydrogen-bond acceptors (Lipinski definition) is 2. The van der Waals surface area contributed by atoms with E-state index in [9.17, 15) is 13.2 Å². The van der Waals surface area contributed by atoms with E-state index in [0.29, 0.717) is 17.6 Å². The normalized spacial score (nSPS) is 25.4. The first-order chi connectivity index (χ1) is 15.4. The number of fused-ring (bicyclic) bond motifs is 1. The van der Waals surface area contributed by atoms with Gasteiger partial charge >= 0.3 is 6.36 Å². The van der Waals surface area contributed by atoms with Gasteiger partial charge < -0.3 is 9.47 Å². The SMILES string of the molecule is CCOC1CCC2CC(c3ccc(C#Cc4ccc(OC(F)(F)F)cc4)cc3)CCC2C1. The van der Waals surface area contributed by atoms with Crippen LogP contribution in [-0.4, -0.2) is 19.1 Å². The van der Waals surface area contributed by atoms with Crippen LogP contribution in [0, 0.1) is 23.7 Å². The van der Waals surface area contributed by atoms with E-state index in [2.05, 4.69) is 35.6 Å². The summed E-state index contributed by atoms with van der Waals surface area (Å²) >= 11 is 0. The van der Waals surface area contributed by atoms with E-state index in [-0.39, 0.29) is 5.75 Å². The summed E-state index contributed by atoms with van der Waals surface area (Å²) < 4.78 is 46.5. The third kappa shape index (κ3) is 6.07. The van der Waals surface area contributed by atoms with Gasteiger partial charge in [0.25, 0.3) is 0 Å². The summed E-state index contributed by atoms with van der Waals surface area (Å²) in [4.78, 5) is 0. The molecule has 0 N–H and O–H groups in total. The molecule has 4 atom stereocenters. The van der Waals surface area contributed by atoms with Crippen molar-refractivity contribution in [3.63, 3.8) is 0 Å². The standard InChI is InChI=1S/C27H29F3O2/c1-2-31-26-16-13-23-17-22(11-12-24(23)18-26)21-9-5-19(6-10-21)3-4-20-7-14-25(15-8-20)32-27(28,29)30/h5-10,14-15,22-24,26H,2,11-13,16-18H2,1H3. The first-order valence-corrected chi connectivity index (χ1v) is 11.5. The molecule has 170 valence electrons. The molecule has 2 aromatic carbocycles. The first-order valence-electron chi connectivity index (χ1n) is 11.5. The summed E-state index contributed by atoms with van der Waals surface area (Å²) in [6.45, 7) is 2.90. The predicted molar refractivity (Wildman–Crippen MR) is 118 cm³/mol. The second-order valence-corrected chi connectivity index (χ2v) is 8.86. The molecule has 2 aromatic rings. The van der Waals surface area contributed by atoms with Crippen LogP contribution < -0.4 is 4.74 Å². The molecule has 4 unspecified atom stereocenters. The lowest BCUT2D eigenvalue weighted by atomic mass is 9.65. The number of halogens is 3. The lowest BCUT2D eigenvalue weighted by molar-refractivity contribution is -0.274. The summed E-state index contributed by atoms with van der Waals surface area (Å²) in [5.74, 6) is 8.10. The molecule has 2 nitrogen and oxygen atoms in total. The van der Waals surface area contributed by atoms with Gasteiger partial charge in [-0.1, -0.05) is 24.0 Å². The van der Waals surface area contributed by atoms with E-state index < -0.39 is 6.36 Å². The molecule has 5 heteroatoms. The van der Waals surface area contributed by atoms with Crippen LogP contribution in [-0.2, 0) is 4.74 Å². The maximum absolute atomic E-state index is 12.2. The fourth-order valence-electron chi connectivity index (χ4n) is 5.26. The molecule has 2 aliphatic rings. The van der Waals surface area contributed by atoms with Crippen molar-refractivity contribution in [2.24, 2.45) is 11.8 Å². The third-order valence-corrected chi connectivity index (χ3v) is 6.79. The average molecular weight is 443 g/mol. The molecular formula is C27H29F3O2. The fraction of sp³-hybridized carbons (Fsp3) is 0.481. The number of alkyl halides is 3. The molecular weight excluding hydrogens is 413 g/mol. The van der Waals surface area contributed by atoms with Crippen LogP contribution in [0.15, 0.2) is 48.5 Å². The van der Waals surface area contributed by atoms with Gasteiger partial charge in [0.2, 0.25) is 0 Å². The minimum Gasteiger partial charge on any atom is -0.406 e. The number of benzene rings is 2. The Hall–Kier alpha value is -2.45. The van der Waals surface area contributed by atoms with Gasteiger partial charge in [-0.3, -0.25) is 0 Å². The molecule has 0 aromatic heterocycles. The number of hydrogen-bond donors (Lipinski definition) is 0. The molecule has 0 aliphatic heterocycles. The van der Waals surface area contributed by atoms with Crippen LogP contribution in [0.25, 0.3) is 0 Å². The molecule has 4 rings (SSSR count). The van der Waals surface area contributed by atoms with Crippen molar-refractivity contribution in [1.29, 1.82) is 0 Å². The van der Waals surface area contributed by atoms with Crippen molar-refractivity contribution < 1.29 is 22.6 Å². The zero-order valence-corrected chi connectivity index (χ0v) is 18.3. The zero-order valence-electron chi connectivity index (χ0n) is 18.3. The maximum Gasteiger partial charge on any atom is 0.573 e. The summed E-state index contributed by atoms with van der Waals surface area (Å²) in [7, 11) is 0. The van der Waals surface area contributed by atoms with E-state index in [4.69, 9.17) is 4.74 Å². The van der Waals surface area contributed by atoms with Crippen molar-refractivity contribution in [1.82, 2.24) is 0 Å². The smallest absolute Gasteiger partial charge is 0.406 e. The molecule has 2 aliphatic carbocycles. The molecule has 0 bridgehead atoms. The molecule has 0 amide bonds. The van der Waals surface area contributed by atoms with Gasteiger partial charge in [0.05, 0.1) is 6.10 Å². The summed E-state index contributed by atoms with van der Waals surface area (Å²) in [6, 6.07) is 14.1. The zero-order chi connectivity index (χ0) is 22.6. The first kappa shape index (κ1) is 22.7. The Morgan fingerprint density at radius 2 is 1.41 bits per heavy atom. The molecule has 32 heavy (non-hydrogen) atoms. The molecule has 2 fully saturated rings. The third-order valence-electron chi connectivity index (χ3n) is 6.79.